The van der Waals surface area contributed by atoms with Crippen LogP contribution in [0.1, 0.15) is 33.1 Å². The lowest BCUT2D eigenvalue weighted by atomic mass is 9.90. The molecule has 2 aromatic carbocycles. The quantitative estimate of drug-likeness (QED) is 0.704. The van der Waals surface area contributed by atoms with Crippen LogP contribution in [0.4, 0.5) is 5.69 Å². The first-order valence-electron chi connectivity index (χ1n) is 6.25. The molecule has 0 spiro atoms. The van der Waals surface area contributed by atoms with Gasteiger partial charge in [-0.1, -0.05) is 24.3 Å². The second kappa shape index (κ2) is 3.48. The fourth-order valence-electron chi connectivity index (χ4n) is 2.92. The van der Waals surface area contributed by atoms with Crippen LogP contribution in [-0.2, 0) is 0 Å². The summed E-state index contributed by atoms with van der Waals surface area (Å²) in [7, 11) is 0. The zero-order valence-electron chi connectivity index (χ0n) is 10.2. The van der Waals surface area contributed by atoms with Gasteiger partial charge in [0.2, 0.25) is 0 Å². The molecule has 1 unspecified atom stereocenters. The van der Waals surface area contributed by atoms with Crippen LogP contribution < -0.4 is 11.1 Å². The summed E-state index contributed by atoms with van der Waals surface area (Å²) in [6.07, 6.45) is 2.14. The van der Waals surface area contributed by atoms with E-state index in [1.807, 2.05) is 42.5 Å². The molecule has 1 amide bonds. The predicted octanol–water partition coefficient (Wildman–Crippen LogP) is 2.61. The number of anilines is 1. The maximum absolute atomic E-state index is 12.2. The summed E-state index contributed by atoms with van der Waals surface area (Å²) < 4.78 is 0. The van der Waals surface area contributed by atoms with Gasteiger partial charge in [0, 0.05) is 11.3 Å². The van der Waals surface area contributed by atoms with E-state index in [2.05, 4.69) is 11.4 Å². The Morgan fingerprint density at radius 2 is 1.84 bits per heavy atom. The van der Waals surface area contributed by atoms with Crippen molar-refractivity contribution in [1.82, 2.24) is 5.32 Å². The Hall–Kier alpha value is -2.55. The molecule has 0 saturated carbocycles. The molecule has 1 heterocycles. The minimum Gasteiger partial charge on any atom is -0.399 e. The van der Waals surface area contributed by atoms with Crippen LogP contribution in [-0.4, -0.2) is 5.91 Å². The van der Waals surface area contributed by atoms with Gasteiger partial charge < -0.3 is 11.1 Å². The molecule has 1 aliphatic heterocycles. The largest absolute Gasteiger partial charge is 0.399 e. The van der Waals surface area contributed by atoms with Crippen molar-refractivity contribution in [3.8, 4) is 0 Å². The van der Waals surface area contributed by atoms with Gasteiger partial charge in [0.15, 0.2) is 0 Å². The lowest BCUT2D eigenvalue weighted by Gasteiger charge is -2.26. The van der Waals surface area contributed by atoms with E-state index in [0.29, 0.717) is 0 Å². The normalized spacial score (nSPS) is 19.1. The van der Waals surface area contributed by atoms with Gasteiger partial charge in [-0.2, -0.15) is 0 Å². The van der Waals surface area contributed by atoms with Crippen LogP contribution in [0.15, 0.2) is 42.5 Å². The summed E-state index contributed by atoms with van der Waals surface area (Å²) in [5, 5.41) is 3.06. The Kier molecular flexibility index (Phi) is 1.90. The van der Waals surface area contributed by atoms with E-state index in [9.17, 15) is 4.79 Å². The van der Waals surface area contributed by atoms with Crippen LogP contribution in [0.3, 0.4) is 0 Å². The highest BCUT2D eigenvalue weighted by Gasteiger charge is 2.34. The summed E-state index contributed by atoms with van der Waals surface area (Å²) in [5.74, 6) is -0.0203. The summed E-state index contributed by atoms with van der Waals surface area (Å²) >= 11 is 0. The molecular weight excluding hydrogens is 236 g/mol. The lowest BCUT2D eigenvalue weighted by molar-refractivity contribution is 0.0941. The number of nitrogens with one attached hydrogen (secondary N) is 1. The molecular formula is C16H12N2O. The molecule has 2 aliphatic rings. The first-order chi connectivity index (χ1) is 9.24. The van der Waals surface area contributed by atoms with Crippen molar-refractivity contribution in [2.75, 3.05) is 5.73 Å². The summed E-state index contributed by atoms with van der Waals surface area (Å²) in [4.78, 5) is 12.2. The second-order valence-corrected chi connectivity index (χ2v) is 4.94. The van der Waals surface area contributed by atoms with Crippen molar-refractivity contribution in [3.05, 3.63) is 64.7 Å². The van der Waals surface area contributed by atoms with E-state index >= 15 is 0 Å². The zero-order chi connectivity index (χ0) is 13.0. The highest BCUT2D eigenvalue weighted by atomic mass is 16.1. The van der Waals surface area contributed by atoms with Crippen LogP contribution in [0.5, 0.6) is 0 Å². The van der Waals surface area contributed by atoms with Crippen molar-refractivity contribution >= 4 is 23.2 Å². The number of benzene rings is 2. The Morgan fingerprint density at radius 1 is 1.05 bits per heavy atom. The molecule has 0 saturated heterocycles. The van der Waals surface area contributed by atoms with Gasteiger partial charge in [0.25, 0.3) is 5.91 Å². The molecule has 19 heavy (non-hydrogen) atoms. The minimum atomic E-state index is -0.0686. The molecule has 1 aliphatic carbocycles. The Bertz CT molecular complexity index is 746. The van der Waals surface area contributed by atoms with Crippen molar-refractivity contribution < 1.29 is 4.79 Å². The third-order valence-electron chi connectivity index (χ3n) is 3.80. The Morgan fingerprint density at radius 3 is 2.68 bits per heavy atom. The van der Waals surface area contributed by atoms with E-state index in [4.69, 9.17) is 5.73 Å². The van der Waals surface area contributed by atoms with Crippen molar-refractivity contribution in [2.24, 2.45) is 0 Å². The standard InChI is InChI=1S/C16H12N2O/c17-10-6-5-9-7-14-11-3-1-2-4-12(11)16(19)18-15(14)13(9)8-10/h1-8,15H,17H2,(H,18,19). The molecule has 3 nitrogen and oxygen atoms in total. The van der Waals surface area contributed by atoms with Crippen molar-refractivity contribution in [3.63, 3.8) is 0 Å². The van der Waals surface area contributed by atoms with E-state index in [-0.39, 0.29) is 11.9 Å². The molecule has 1 atom stereocenters. The van der Waals surface area contributed by atoms with Crippen LogP contribution in [0, 0.1) is 0 Å². The monoisotopic (exact) mass is 248 g/mol. The molecule has 0 fully saturated rings. The predicted molar refractivity (Wildman–Crippen MR) is 75.4 cm³/mol. The molecule has 2 aromatic rings. The molecule has 0 bridgehead atoms. The first-order valence-corrected chi connectivity index (χ1v) is 6.25. The zero-order valence-corrected chi connectivity index (χ0v) is 10.2. The Balaban J connectivity index is 1.95. The number of amides is 1. The number of nitrogens with two attached hydrogens (primary N) is 1. The highest BCUT2D eigenvalue weighted by molar-refractivity contribution is 6.08. The number of hydrogen-bond acceptors (Lipinski definition) is 2. The molecule has 4 rings (SSSR count). The van der Waals surface area contributed by atoms with E-state index in [1.54, 1.807) is 0 Å². The third kappa shape index (κ3) is 1.35. The minimum absolute atomic E-state index is 0.0203. The second-order valence-electron chi connectivity index (χ2n) is 4.94. The first kappa shape index (κ1) is 10.4. The SMILES string of the molecule is Nc1ccc2c(c1)C1NC(=O)c3ccccc3C1=C2. The Labute approximate surface area is 110 Å². The lowest BCUT2D eigenvalue weighted by Crippen LogP contribution is -2.33. The fraction of sp³-hybridized carbons (Fsp3) is 0.0625. The van der Waals surface area contributed by atoms with Crippen molar-refractivity contribution in [2.45, 2.75) is 6.04 Å². The van der Waals surface area contributed by atoms with Crippen LogP contribution in [0.25, 0.3) is 11.6 Å². The van der Waals surface area contributed by atoms with Gasteiger partial charge in [-0.25, -0.2) is 0 Å². The van der Waals surface area contributed by atoms with E-state index in [1.165, 1.54) is 0 Å². The number of carbonyl (C=O) groups excluding carboxylic acids is 1. The van der Waals surface area contributed by atoms with Gasteiger partial charge in [0.05, 0.1) is 6.04 Å². The number of carbonyl (C=O) groups is 1. The maximum atomic E-state index is 12.2. The maximum Gasteiger partial charge on any atom is 0.252 e. The van der Waals surface area contributed by atoms with E-state index in [0.717, 1.165) is 33.5 Å². The van der Waals surface area contributed by atoms with Crippen LogP contribution in [0.2, 0.25) is 0 Å². The molecule has 3 heteroatoms. The fourth-order valence-corrected chi connectivity index (χ4v) is 2.92. The molecule has 0 aromatic heterocycles. The van der Waals surface area contributed by atoms with Crippen LogP contribution >= 0.6 is 0 Å². The highest BCUT2D eigenvalue weighted by Crippen LogP contribution is 2.44. The van der Waals surface area contributed by atoms with E-state index < -0.39 is 0 Å². The molecule has 3 N–H and O–H groups in total. The summed E-state index contributed by atoms with van der Waals surface area (Å²) in [6.45, 7) is 0. The number of nitrogen functional groups attached to an aromatic ring is 1. The van der Waals surface area contributed by atoms with Gasteiger partial charge in [0.1, 0.15) is 0 Å². The molecule has 92 valence electrons. The van der Waals surface area contributed by atoms with Gasteiger partial charge in [-0.3, -0.25) is 4.79 Å². The van der Waals surface area contributed by atoms with Crippen molar-refractivity contribution in [1.29, 1.82) is 0 Å². The smallest absolute Gasteiger partial charge is 0.252 e. The van der Waals surface area contributed by atoms with Gasteiger partial charge in [-0.15, -0.1) is 0 Å². The third-order valence-corrected chi connectivity index (χ3v) is 3.80. The molecule has 0 radical (unpaired) electrons. The summed E-state index contributed by atoms with van der Waals surface area (Å²) in [6, 6.07) is 13.5. The summed E-state index contributed by atoms with van der Waals surface area (Å²) in [5.41, 5.74) is 11.7. The van der Waals surface area contributed by atoms with Gasteiger partial charge in [-0.05, 0) is 46.5 Å². The number of rotatable bonds is 0. The number of fused-ring (bicyclic) bond motifs is 5. The topological polar surface area (TPSA) is 55.1 Å². The average molecular weight is 248 g/mol. The number of hydrogen-bond donors (Lipinski definition) is 2. The van der Waals surface area contributed by atoms with Gasteiger partial charge >= 0.3 is 0 Å². The average Bonchev–Trinajstić information content (AvgIpc) is 2.78.